The molecular formula is C27H20ClN3O3S. The summed E-state index contributed by atoms with van der Waals surface area (Å²) in [5.74, 6) is 0. The molecule has 2 heterocycles. The Morgan fingerprint density at radius 3 is 2.37 bits per heavy atom. The number of rotatable bonds is 6. The first-order valence-corrected chi connectivity index (χ1v) is 12.1. The van der Waals surface area contributed by atoms with Gasteiger partial charge in [-0.2, -0.15) is 0 Å². The predicted octanol–water partition coefficient (Wildman–Crippen LogP) is 6.43. The van der Waals surface area contributed by atoms with Crippen LogP contribution in [0.1, 0.15) is 33.2 Å². The standard InChI is InChI=1S/C27H20ClN3O3S/c1-31(15-22-23(12-14-29-25(22)28)35-26-17(16-32)7-6-13-30-26)27(33)34-24-20-10-4-2-8-18(20)19-9-3-5-11-21(19)24/h2-14,16,24H,15H2,1H3. The highest BCUT2D eigenvalue weighted by Gasteiger charge is 2.32. The Morgan fingerprint density at radius 1 is 1.00 bits per heavy atom. The van der Waals surface area contributed by atoms with Crippen molar-refractivity contribution in [2.24, 2.45) is 0 Å². The molecule has 6 nitrogen and oxygen atoms in total. The number of aromatic nitrogens is 2. The Balaban J connectivity index is 1.38. The molecule has 174 valence electrons. The fourth-order valence-corrected chi connectivity index (χ4v) is 5.34. The van der Waals surface area contributed by atoms with Crippen LogP contribution in [0, 0.1) is 0 Å². The summed E-state index contributed by atoms with van der Waals surface area (Å²) in [5, 5.41) is 0.824. The molecule has 0 fully saturated rings. The van der Waals surface area contributed by atoms with Gasteiger partial charge < -0.3 is 9.64 Å². The number of fused-ring (bicyclic) bond motifs is 3. The second-order valence-electron chi connectivity index (χ2n) is 7.99. The highest BCUT2D eigenvalue weighted by Crippen LogP contribution is 2.45. The van der Waals surface area contributed by atoms with Crippen LogP contribution < -0.4 is 0 Å². The Morgan fingerprint density at radius 2 is 1.69 bits per heavy atom. The molecule has 0 atom stereocenters. The number of aldehydes is 1. The molecule has 1 aliphatic carbocycles. The van der Waals surface area contributed by atoms with Gasteiger partial charge in [0.05, 0.1) is 6.54 Å². The van der Waals surface area contributed by atoms with E-state index in [0.717, 1.165) is 33.4 Å². The van der Waals surface area contributed by atoms with E-state index < -0.39 is 12.2 Å². The minimum absolute atomic E-state index is 0.174. The summed E-state index contributed by atoms with van der Waals surface area (Å²) in [6.07, 6.45) is 3.00. The number of hydrogen-bond donors (Lipinski definition) is 0. The van der Waals surface area contributed by atoms with Crippen LogP contribution in [0.15, 0.2) is 89.0 Å². The molecule has 1 amide bonds. The van der Waals surface area contributed by atoms with Crippen LogP contribution in [0.4, 0.5) is 4.79 Å². The predicted molar refractivity (Wildman–Crippen MR) is 135 cm³/mol. The van der Waals surface area contributed by atoms with Gasteiger partial charge in [-0.05, 0) is 29.3 Å². The third-order valence-electron chi connectivity index (χ3n) is 5.80. The van der Waals surface area contributed by atoms with Crippen molar-refractivity contribution >= 4 is 35.7 Å². The van der Waals surface area contributed by atoms with Gasteiger partial charge in [-0.15, -0.1) is 0 Å². The van der Waals surface area contributed by atoms with Crippen LogP contribution in [0.25, 0.3) is 11.1 Å². The first-order chi connectivity index (χ1) is 17.1. The number of carbonyl (C=O) groups excluding carboxylic acids is 2. The van der Waals surface area contributed by atoms with Gasteiger partial charge in [0.1, 0.15) is 10.2 Å². The Kier molecular flexibility index (Phi) is 6.53. The van der Waals surface area contributed by atoms with Crippen molar-refractivity contribution < 1.29 is 14.3 Å². The molecule has 0 spiro atoms. The third kappa shape index (κ3) is 4.52. The topological polar surface area (TPSA) is 72.4 Å². The van der Waals surface area contributed by atoms with Crippen LogP contribution in [0.5, 0.6) is 0 Å². The van der Waals surface area contributed by atoms with Crippen LogP contribution in [0.2, 0.25) is 5.15 Å². The lowest BCUT2D eigenvalue weighted by Crippen LogP contribution is -2.28. The fraction of sp³-hybridized carbons (Fsp3) is 0.111. The summed E-state index contributed by atoms with van der Waals surface area (Å²) >= 11 is 7.73. The van der Waals surface area contributed by atoms with Crippen molar-refractivity contribution in [3.63, 3.8) is 0 Å². The molecule has 2 aromatic carbocycles. The molecule has 8 heteroatoms. The lowest BCUT2D eigenvalue weighted by atomic mass is 10.1. The number of ether oxygens (including phenoxy) is 1. The van der Waals surface area contributed by atoms with Gasteiger partial charge in [-0.25, -0.2) is 14.8 Å². The molecule has 0 radical (unpaired) electrons. The largest absolute Gasteiger partial charge is 0.436 e. The molecule has 2 aromatic heterocycles. The van der Waals surface area contributed by atoms with E-state index in [4.69, 9.17) is 16.3 Å². The Labute approximate surface area is 211 Å². The number of halogens is 1. The normalized spacial score (nSPS) is 12.1. The second-order valence-corrected chi connectivity index (χ2v) is 9.38. The number of nitrogens with zero attached hydrogens (tertiary/aromatic N) is 3. The molecule has 0 saturated heterocycles. The van der Waals surface area contributed by atoms with Crippen LogP contribution in [-0.4, -0.2) is 34.3 Å². The zero-order chi connectivity index (χ0) is 24.4. The Bertz CT molecular complexity index is 1380. The van der Waals surface area contributed by atoms with E-state index >= 15 is 0 Å². The molecule has 5 rings (SSSR count). The van der Waals surface area contributed by atoms with Crippen molar-refractivity contribution in [2.45, 2.75) is 22.6 Å². The van der Waals surface area contributed by atoms with E-state index in [2.05, 4.69) is 9.97 Å². The maximum atomic E-state index is 13.2. The summed E-state index contributed by atoms with van der Waals surface area (Å²) in [6.45, 7) is 0.174. The summed E-state index contributed by atoms with van der Waals surface area (Å²) in [6, 6.07) is 21.1. The number of carbonyl (C=O) groups is 2. The lowest BCUT2D eigenvalue weighted by Gasteiger charge is -2.22. The zero-order valence-corrected chi connectivity index (χ0v) is 20.3. The highest BCUT2D eigenvalue weighted by atomic mass is 35.5. The van der Waals surface area contributed by atoms with E-state index in [0.29, 0.717) is 16.2 Å². The van der Waals surface area contributed by atoms with Gasteiger partial charge in [0.25, 0.3) is 0 Å². The first-order valence-electron chi connectivity index (χ1n) is 10.9. The smallest absolute Gasteiger partial charge is 0.410 e. The molecule has 0 aliphatic heterocycles. The Hall–Kier alpha value is -3.68. The van der Waals surface area contributed by atoms with Crippen molar-refractivity contribution in [3.05, 3.63) is 107 Å². The summed E-state index contributed by atoms with van der Waals surface area (Å²) in [5.41, 5.74) is 5.18. The monoisotopic (exact) mass is 501 g/mol. The maximum absolute atomic E-state index is 13.2. The van der Waals surface area contributed by atoms with E-state index in [-0.39, 0.29) is 11.7 Å². The molecule has 0 unspecified atom stereocenters. The van der Waals surface area contributed by atoms with Gasteiger partial charge in [-0.1, -0.05) is 71.9 Å². The van der Waals surface area contributed by atoms with Crippen molar-refractivity contribution in [3.8, 4) is 11.1 Å². The van der Waals surface area contributed by atoms with E-state index in [9.17, 15) is 9.59 Å². The molecule has 0 N–H and O–H groups in total. The van der Waals surface area contributed by atoms with E-state index in [1.54, 1.807) is 37.6 Å². The van der Waals surface area contributed by atoms with Crippen LogP contribution in [-0.2, 0) is 11.3 Å². The lowest BCUT2D eigenvalue weighted by molar-refractivity contribution is 0.0841. The first kappa shape index (κ1) is 23.1. The summed E-state index contributed by atoms with van der Waals surface area (Å²) in [7, 11) is 1.66. The van der Waals surface area contributed by atoms with E-state index in [1.807, 2.05) is 48.5 Å². The number of pyridine rings is 2. The molecular weight excluding hydrogens is 482 g/mol. The fourth-order valence-electron chi connectivity index (χ4n) is 4.10. The SMILES string of the molecule is CN(Cc1c(Sc2ncccc2C=O)ccnc1Cl)C(=O)OC1c2ccccc2-c2ccccc21. The molecule has 4 aromatic rings. The highest BCUT2D eigenvalue weighted by molar-refractivity contribution is 7.99. The summed E-state index contributed by atoms with van der Waals surface area (Å²) in [4.78, 5) is 35.3. The third-order valence-corrected chi connectivity index (χ3v) is 7.26. The van der Waals surface area contributed by atoms with Gasteiger partial charge in [0.2, 0.25) is 0 Å². The maximum Gasteiger partial charge on any atom is 0.410 e. The minimum Gasteiger partial charge on any atom is -0.436 e. The molecule has 0 saturated carbocycles. The number of hydrogen-bond acceptors (Lipinski definition) is 6. The van der Waals surface area contributed by atoms with Crippen molar-refractivity contribution in [1.29, 1.82) is 0 Å². The van der Waals surface area contributed by atoms with Gasteiger partial charge >= 0.3 is 6.09 Å². The van der Waals surface area contributed by atoms with E-state index in [1.165, 1.54) is 16.7 Å². The van der Waals surface area contributed by atoms with Gasteiger partial charge in [0, 0.05) is 46.6 Å². The average molecular weight is 502 g/mol. The van der Waals surface area contributed by atoms with Crippen molar-refractivity contribution in [2.75, 3.05) is 7.05 Å². The number of benzene rings is 2. The average Bonchev–Trinajstić information content (AvgIpc) is 3.20. The molecule has 0 bridgehead atoms. The van der Waals surface area contributed by atoms with Gasteiger partial charge in [0.15, 0.2) is 12.4 Å². The van der Waals surface area contributed by atoms with Crippen molar-refractivity contribution in [1.82, 2.24) is 14.9 Å². The summed E-state index contributed by atoms with van der Waals surface area (Å²) < 4.78 is 5.99. The van der Waals surface area contributed by atoms with Gasteiger partial charge in [-0.3, -0.25) is 4.79 Å². The molecule has 35 heavy (non-hydrogen) atoms. The zero-order valence-electron chi connectivity index (χ0n) is 18.7. The van der Waals surface area contributed by atoms with Crippen LogP contribution >= 0.6 is 23.4 Å². The molecule has 1 aliphatic rings. The number of amides is 1. The second kappa shape index (κ2) is 9.90. The minimum atomic E-state index is -0.487. The quantitative estimate of drug-likeness (QED) is 0.224. The van der Waals surface area contributed by atoms with Crippen LogP contribution in [0.3, 0.4) is 0 Å².